The highest BCUT2D eigenvalue weighted by molar-refractivity contribution is 6.99. The lowest BCUT2D eigenvalue weighted by Gasteiger charge is -2.46. The van der Waals surface area contributed by atoms with Crippen LogP contribution in [0.1, 0.15) is 56.9 Å². The van der Waals surface area contributed by atoms with E-state index in [-0.39, 0.29) is 22.9 Å². The van der Waals surface area contributed by atoms with E-state index in [2.05, 4.69) is 120 Å². The third-order valence-corrected chi connectivity index (χ3v) is 14.5. The molecule has 1 N–H and O–H groups in total. The van der Waals surface area contributed by atoms with Crippen LogP contribution in [0.4, 0.5) is 0 Å². The Morgan fingerprint density at radius 2 is 1.51 bits per heavy atom. The van der Waals surface area contributed by atoms with Crippen molar-refractivity contribution in [3.8, 4) is 5.95 Å². The predicted octanol–water partition coefficient (Wildman–Crippen LogP) is 5.85. The fourth-order valence-electron chi connectivity index (χ4n) is 7.35. The van der Waals surface area contributed by atoms with Gasteiger partial charge in [0.2, 0.25) is 5.95 Å². The first-order valence-electron chi connectivity index (χ1n) is 16.0. The third-order valence-electron chi connectivity index (χ3n) is 9.46. The van der Waals surface area contributed by atoms with Crippen LogP contribution in [0.25, 0.3) is 28.1 Å². The molecule has 47 heavy (non-hydrogen) atoms. The number of benzene rings is 3. The number of pyridine rings is 1. The molecule has 0 amide bonds. The van der Waals surface area contributed by atoms with E-state index in [9.17, 15) is 4.79 Å². The van der Waals surface area contributed by atoms with Gasteiger partial charge >= 0.3 is 5.69 Å². The molecule has 3 aromatic carbocycles. The van der Waals surface area contributed by atoms with E-state index in [4.69, 9.17) is 9.41 Å². The molecule has 4 aromatic heterocycles. The quantitative estimate of drug-likeness (QED) is 0.230. The minimum Gasteiger partial charge on any atom is -0.400 e. The molecular weight excluding hydrogens is 603 g/mol. The average Bonchev–Trinajstić information content (AvgIpc) is 3.67. The first kappa shape index (κ1) is 29.2. The maximum absolute atomic E-state index is 13.7. The summed E-state index contributed by atoms with van der Waals surface area (Å²) < 4.78 is 11.2. The highest BCUT2D eigenvalue weighted by atomic mass is 28.4. The fraction of sp³-hybridized carbons (Fsp3) is 0.216. The standard InChI is InChI=1S/C37H35N7O2Si/c1-37(2,3)47(25-12-6-4-7-13-25,26-14-8-5-9-15-26)46-33-19-18-31(27-16-10-11-17-28(27)33)44-34-30(41-36(44)45)22-39-35(42-34)43-24-40-29-20-21-38-23-32(29)43/h4-17,20-24,31,33H,18-19H2,1-3H3,(H,41,45)/t31-,33-/m1/s1. The maximum Gasteiger partial charge on any atom is 0.328 e. The van der Waals surface area contributed by atoms with Gasteiger partial charge in [0.05, 0.1) is 35.6 Å². The van der Waals surface area contributed by atoms with Crippen molar-refractivity contribution in [3.63, 3.8) is 0 Å². The van der Waals surface area contributed by atoms with Crippen LogP contribution < -0.4 is 16.1 Å². The summed E-state index contributed by atoms with van der Waals surface area (Å²) in [5.74, 6) is 0.428. The van der Waals surface area contributed by atoms with Crippen LogP contribution in [-0.4, -0.2) is 42.4 Å². The molecule has 0 aliphatic heterocycles. The second-order valence-corrected chi connectivity index (χ2v) is 17.4. The first-order chi connectivity index (χ1) is 22.8. The molecule has 2 atom stereocenters. The monoisotopic (exact) mass is 637 g/mol. The van der Waals surface area contributed by atoms with Crippen LogP contribution in [0.5, 0.6) is 0 Å². The number of aromatic amines is 1. The minimum absolute atomic E-state index is 0.148. The van der Waals surface area contributed by atoms with Crippen molar-refractivity contribution < 1.29 is 4.43 Å². The number of hydrogen-bond acceptors (Lipinski definition) is 6. The topological polar surface area (TPSA) is 104 Å². The molecule has 234 valence electrons. The summed E-state index contributed by atoms with van der Waals surface area (Å²) in [6.45, 7) is 6.91. The van der Waals surface area contributed by atoms with Crippen LogP contribution in [0.2, 0.25) is 5.04 Å². The van der Waals surface area contributed by atoms with E-state index in [1.165, 1.54) is 10.4 Å². The van der Waals surface area contributed by atoms with Crippen molar-refractivity contribution in [2.45, 2.75) is 50.8 Å². The highest BCUT2D eigenvalue weighted by Gasteiger charge is 2.52. The fourth-order valence-corrected chi connectivity index (χ4v) is 12.0. The molecule has 7 aromatic rings. The zero-order valence-electron chi connectivity index (χ0n) is 26.5. The van der Waals surface area contributed by atoms with Crippen LogP contribution in [0.3, 0.4) is 0 Å². The van der Waals surface area contributed by atoms with Crippen molar-refractivity contribution in [3.05, 3.63) is 138 Å². The van der Waals surface area contributed by atoms with Gasteiger partial charge in [0.25, 0.3) is 8.32 Å². The number of fused-ring (bicyclic) bond motifs is 3. The minimum atomic E-state index is -2.82. The summed E-state index contributed by atoms with van der Waals surface area (Å²) in [6, 6.07) is 31.5. The van der Waals surface area contributed by atoms with E-state index in [1.54, 1.807) is 34.1 Å². The molecular formula is C37H35N7O2Si. The van der Waals surface area contributed by atoms with Gasteiger partial charge in [0.15, 0.2) is 5.65 Å². The van der Waals surface area contributed by atoms with E-state index < -0.39 is 8.32 Å². The Kier molecular flexibility index (Phi) is 7.00. The highest BCUT2D eigenvalue weighted by Crippen LogP contribution is 2.46. The second kappa shape index (κ2) is 11.3. The van der Waals surface area contributed by atoms with Gasteiger partial charge in [-0.1, -0.05) is 106 Å². The molecule has 8 rings (SSSR count). The van der Waals surface area contributed by atoms with Gasteiger partial charge in [0, 0.05) is 6.20 Å². The van der Waals surface area contributed by atoms with E-state index in [0.29, 0.717) is 23.5 Å². The summed E-state index contributed by atoms with van der Waals surface area (Å²) in [5.41, 5.74) is 4.70. The lowest BCUT2D eigenvalue weighted by atomic mass is 9.85. The lowest BCUT2D eigenvalue weighted by Crippen LogP contribution is -2.67. The second-order valence-electron chi connectivity index (χ2n) is 13.2. The molecule has 1 aliphatic carbocycles. The molecule has 4 heterocycles. The molecule has 0 unspecified atom stereocenters. The Morgan fingerprint density at radius 1 is 0.830 bits per heavy atom. The molecule has 1 aliphatic rings. The molecule has 0 bridgehead atoms. The number of H-pyrrole nitrogens is 1. The van der Waals surface area contributed by atoms with Crippen LogP contribution >= 0.6 is 0 Å². The summed E-state index contributed by atoms with van der Waals surface area (Å²) in [4.78, 5) is 34.9. The normalized spacial score (nSPS) is 16.8. The van der Waals surface area contributed by atoms with Crippen LogP contribution in [0.15, 0.2) is 121 Å². The van der Waals surface area contributed by atoms with E-state index in [1.807, 2.05) is 12.1 Å². The Morgan fingerprint density at radius 3 is 2.21 bits per heavy atom. The summed E-state index contributed by atoms with van der Waals surface area (Å²) in [7, 11) is -2.82. The number of nitrogens with one attached hydrogen (secondary N) is 1. The number of nitrogens with zero attached hydrogens (tertiary/aromatic N) is 6. The van der Waals surface area contributed by atoms with Crippen molar-refractivity contribution >= 4 is 40.9 Å². The van der Waals surface area contributed by atoms with Gasteiger partial charge in [-0.15, -0.1) is 0 Å². The molecule has 0 radical (unpaired) electrons. The Bertz CT molecular complexity index is 2230. The Labute approximate surface area is 273 Å². The van der Waals surface area contributed by atoms with Crippen molar-refractivity contribution in [1.29, 1.82) is 0 Å². The molecule has 0 fully saturated rings. The number of hydrogen-bond donors (Lipinski definition) is 1. The number of rotatable bonds is 6. The predicted molar refractivity (Wildman–Crippen MR) is 186 cm³/mol. The van der Waals surface area contributed by atoms with Gasteiger partial charge in [0.1, 0.15) is 11.8 Å². The number of imidazole rings is 2. The third kappa shape index (κ3) is 4.74. The zero-order chi connectivity index (χ0) is 32.2. The van der Waals surface area contributed by atoms with Crippen molar-refractivity contribution in [2.24, 2.45) is 0 Å². The van der Waals surface area contributed by atoms with E-state index in [0.717, 1.165) is 28.6 Å². The van der Waals surface area contributed by atoms with Gasteiger partial charge in [-0.05, 0) is 45.4 Å². The van der Waals surface area contributed by atoms with Crippen LogP contribution in [-0.2, 0) is 4.43 Å². The average molecular weight is 638 g/mol. The summed E-state index contributed by atoms with van der Waals surface area (Å²) in [5, 5.41) is 2.34. The molecule has 0 saturated carbocycles. The maximum atomic E-state index is 13.7. The molecule has 0 saturated heterocycles. The zero-order valence-corrected chi connectivity index (χ0v) is 27.5. The van der Waals surface area contributed by atoms with Crippen molar-refractivity contribution in [1.82, 2.24) is 34.1 Å². The van der Waals surface area contributed by atoms with Gasteiger partial charge in [-0.25, -0.2) is 14.8 Å². The first-order valence-corrected chi connectivity index (χ1v) is 17.9. The van der Waals surface area contributed by atoms with Gasteiger partial charge in [-0.3, -0.25) is 14.1 Å². The Balaban J connectivity index is 1.24. The van der Waals surface area contributed by atoms with Crippen molar-refractivity contribution in [2.75, 3.05) is 0 Å². The Hall–Kier alpha value is -5.19. The van der Waals surface area contributed by atoms with Crippen LogP contribution in [0, 0.1) is 0 Å². The smallest absolute Gasteiger partial charge is 0.328 e. The molecule has 9 nitrogen and oxygen atoms in total. The number of aromatic nitrogens is 7. The molecule has 10 heteroatoms. The summed E-state index contributed by atoms with van der Waals surface area (Å²) >= 11 is 0. The SMILES string of the molecule is CC(C)(C)[Si](O[C@@H]1CC[C@@H](n2c(=O)[nH]c3cnc(-n4cnc5ccncc54)nc32)c2ccccc21)(c1ccccc1)c1ccccc1. The van der Waals surface area contributed by atoms with Gasteiger partial charge in [-0.2, -0.15) is 4.98 Å². The summed E-state index contributed by atoms with van der Waals surface area (Å²) in [6.07, 6.45) is 8.12. The molecule has 0 spiro atoms. The largest absolute Gasteiger partial charge is 0.400 e. The van der Waals surface area contributed by atoms with E-state index >= 15 is 0 Å². The lowest BCUT2D eigenvalue weighted by molar-refractivity contribution is 0.160. The van der Waals surface area contributed by atoms with Gasteiger partial charge < -0.3 is 9.41 Å².